The summed E-state index contributed by atoms with van der Waals surface area (Å²) in [5.74, 6) is -0.303. The normalized spacial score (nSPS) is 23.2. The smallest absolute Gasteiger partial charge is 0.331 e. The van der Waals surface area contributed by atoms with E-state index in [1.807, 2.05) is 39.8 Å². The molecule has 0 aliphatic heterocycles. The molecule has 0 radical (unpaired) electrons. The first kappa shape index (κ1) is 21.2. The topological polar surface area (TPSA) is 26.3 Å². The molecule has 0 aromatic carbocycles. The van der Waals surface area contributed by atoms with Gasteiger partial charge in [-0.1, -0.05) is 54.5 Å². The Hall–Kier alpha value is -1.83. The van der Waals surface area contributed by atoms with Crippen LogP contribution in [0.5, 0.6) is 0 Å². The minimum atomic E-state index is -0.457. The standard InChI is InChI=1S/C23H34O2/c1-18(13-15-23(7)14-9-12-20(3)17-23)10-8-11-19(2)16-21(24)25-22(4,5)6/h8,10-11,13,15-17H,9,12,14H2,1-7H3. The molecule has 1 aliphatic carbocycles. The van der Waals surface area contributed by atoms with Crippen molar-refractivity contribution in [1.82, 2.24) is 0 Å². The average Bonchev–Trinajstić information content (AvgIpc) is 2.42. The van der Waals surface area contributed by atoms with Gasteiger partial charge in [-0.25, -0.2) is 4.79 Å². The van der Waals surface area contributed by atoms with E-state index in [0.29, 0.717) is 0 Å². The molecular weight excluding hydrogens is 308 g/mol. The summed E-state index contributed by atoms with van der Waals surface area (Å²) < 4.78 is 5.28. The van der Waals surface area contributed by atoms with Gasteiger partial charge in [-0.3, -0.25) is 0 Å². The molecule has 0 saturated carbocycles. The maximum Gasteiger partial charge on any atom is 0.331 e. The van der Waals surface area contributed by atoms with Crippen LogP contribution in [0, 0.1) is 5.41 Å². The number of esters is 1. The van der Waals surface area contributed by atoms with Crippen LogP contribution in [0.2, 0.25) is 0 Å². The van der Waals surface area contributed by atoms with Crippen LogP contribution in [-0.2, 0) is 9.53 Å². The molecule has 2 nitrogen and oxygen atoms in total. The van der Waals surface area contributed by atoms with Gasteiger partial charge in [0.2, 0.25) is 0 Å². The van der Waals surface area contributed by atoms with E-state index in [0.717, 1.165) is 5.57 Å². The maximum absolute atomic E-state index is 11.7. The number of hydrogen-bond acceptors (Lipinski definition) is 2. The third-order valence-corrected chi connectivity index (χ3v) is 4.06. The summed E-state index contributed by atoms with van der Waals surface area (Å²) in [7, 11) is 0. The Morgan fingerprint density at radius 2 is 1.88 bits per heavy atom. The third kappa shape index (κ3) is 9.28. The van der Waals surface area contributed by atoms with Gasteiger partial charge in [0.15, 0.2) is 0 Å². The first-order chi connectivity index (χ1) is 11.5. The Labute approximate surface area is 154 Å². The highest BCUT2D eigenvalue weighted by atomic mass is 16.6. The van der Waals surface area contributed by atoms with E-state index in [2.05, 4.69) is 45.1 Å². The van der Waals surface area contributed by atoms with E-state index in [4.69, 9.17) is 4.74 Å². The maximum atomic E-state index is 11.7. The fourth-order valence-corrected chi connectivity index (χ4v) is 2.88. The summed E-state index contributed by atoms with van der Waals surface area (Å²) in [6.45, 7) is 14.1. The van der Waals surface area contributed by atoms with Crippen molar-refractivity contribution in [1.29, 1.82) is 0 Å². The summed E-state index contributed by atoms with van der Waals surface area (Å²) in [4.78, 5) is 11.7. The highest BCUT2D eigenvalue weighted by Crippen LogP contribution is 2.35. The monoisotopic (exact) mass is 342 g/mol. The molecule has 138 valence electrons. The highest BCUT2D eigenvalue weighted by Gasteiger charge is 2.21. The lowest BCUT2D eigenvalue weighted by atomic mass is 9.78. The van der Waals surface area contributed by atoms with Crippen molar-refractivity contribution >= 4 is 5.97 Å². The van der Waals surface area contributed by atoms with Crippen molar-refractivity contribution < 1.29 is 9.53 Å². The van der Waals surface area contributed by atoms with Gasteiger partial charge in [-0.15, -0.1) is 0 Å². The number of carbonyl (C=O) groups excluding carboxylic acids is 1. The van der Waals surface area contributed by atoms with E-state index in [1.165, 1.54) is 36.5 Å². The van der Waals surface area contributed by atoms with Gasteiger partial charge in [0.1, 0.15) is 5.60 Å². The molecule has 0 fully saturated rings. The lowest BCUT2D eigenvalue weighted by molar-refractivity contribution is -0.148. The SMILES string of the molecule is CC(C=CC1(C)C=C(C)CCC1)=CC=CC(C)=CC(=O)OC(C)(C)C. The van der Waals surface area contributed by atoms with E-state index in [1.54, 1.807) is 0 Å². The van der Waals surface area contributed by atoms with Crippen molar-refractivity contribution in [2.24, 2.45) is 5.41 Å². The van der Waals surface area contributed by atoms with Crippen LogP contribution in [0.15, 0.2) is 59.3 Å². The molecule has 2 heteroatoms. The van der Waals surface area contributed by atoms with Gasteiger partial charge in [-0.2, -0.15) is 0 Å². The Morgan fingerprint density at radius 3 is 2.48 bits per heavy atom. The summed E-state index contributed by atoms with van der Waals surface area (Å²) in [6, 6.07) is 0. The largest absolute Gasteiger partial charge is 0.457 e. The highest BCUT2D eigenvalue weighted by molar-refractivity contribution is 5.83. The van der Waals surface area contributed by atoms with E-state index in [-0.39, 0.29) is 11.4 Å². The summed E-state index contributed by atoms with van der Waals surface area (Å²) in [6.07, 6.45) is 18.1. The van der Waals surface area contributed by atoms with Gasteiger partial charge < -0.3 is 4.74 Å². The molecule has 1 aliphatic rings. The van der Waals surface area contributed by atoms with Gasteiger partial charge in [0, 0.05) is 11.5 Å². The Bertz CT molecular complexity index is 621. The van der Waals surface area contributed by atoms with Gasteiger partial charge in [0.25, 0.3) is 0 Å². The molecule has 0 saturated heterocycles. The molecule has 0 aromatic rings. The first-order valence-electron chi connectivity index (χ1n) is 9.13. The fourth-order valence-electron chi connectivity index (χ4n) is 2.88. The number of allylic oxidation sites excluding steroid dienone is 9. The molecule has 0 amide bonds. The van der Waals surface area contributed by atoms with E-state index >= 15 is 0 Å². The van der Waals surface area contributed by atoms with Gasteiger partial charge >= 0.3 is 5.97 Å². The second-order valence-corrected chi connectivity index (χ2v) is 8.38. The lowest BCUT2D eigenvalue weighted by Crippen LogP contribution is -2.22. The summed E-state index contributed by atoms with van der Waals surface area (Å²) in [5, 5.41) is 0. The Balaban J connectivity index is 2.65. The molecule has 25 heavy (non-hydrogen) atoms. The number of hydrogen-bond donors (Lipinski definition) is 0. The van der Waals surface area contributed by atoms with Crippen LogP contribution < -0.4 is 0 Å². The fraction of sp³-hybridized carbons (Fsp3) is 0.522. The molecule has 1 unspecified atom stereocenters. The number of rotatable bonds is 5. The summed E-state index contributed by atoms with van der Waals surface area (Å²) in [5.41, 5.74) is 3.27. The molecule has 0 spiro atoms. The van der Waals surface area contributed by atoms with Crippen LogP contribution in [0.25, 0.3) is 0 Å². The van der Waals surface area contributed by atoms with Crippen molar-refractivity contribution in [2.45, 2.75) is 73.3 Å². The van der Waals surface area contributed by atoms with Gasteiger partial charge in [0.05, 0.1) is 0 Å². The molecule has 1 rings (SSSR count). The predicted octanol–water partition coefficient (Wildman–Crippen LogP) is 6.47. The van der Waals surface area contributed by atoms with E-state index in [9.17, 15) is 4.79 Å². The van der Waals surface area contributed by atoms with Gasteiger partial charge in [-0.05, 0) is 66.4 Å². The van der Waals surface area contributed by atoms with Crippen molar-refractivity contribution in [2.75, 3.05) is 0 Å². The van der Waals surface area contributed by atoms with Crippen LogP contribution in [0.3, 0.4) is 0 Å². The zero-order chi connectivity index (χ0) is 19.1. The molecule has 0 aromatic heterocycles. The van der Waals surface area contributed by atoms with Crippen molar-refractivity contribution in [3.63, 3.8) is 0 Å². The quantitative estimate of drug-likeness (QED) is 0.248. The first-order valence-corrected chi connectivity index (χ1v) is 9.13. The predicted molar refractivity (Wildman–Crippen MR) is 107 cm³/mol. The second-order valence-electron chi connectivity index (χ2n) is 8.38. The Kier molecular flexibility index (Phi) is 7.66. The zero-order valence-corrected chi connectivity index (χ0v) is 17.0. The summed E-state index contributed by atoms with van der Waals surface area (Å²) >= 11 is 0. The van der Waals surface area contributed by atoms with E-state index < -0.39 is 5.60 Å². The van der Waals surface area contributed by atoms with Crippen molar-refractivity contribution in [3.8, 4) is 0 Å². The molecule has 0 N–H and O–H groups in total. The van der Waals surface area contributed by atoms with Crippen LogP contribution >= 0.6 is 0 Å². The Morgan fingerprint density at radius 1 is 1.20 bits per heavy atom. The minimum absolute atomic E-state index is 0.174. The lowest BCUT2D eigenvalue weighted by Gasteiger charge is -2.27. The molecule has 1 atom stereocenters. The van der Waals surface area contributed by atoms with Crippen LogP contribution in [0.1, 0.15) is 67.7 Å². The third-order valence-electron chi connectivity index (χ3n) is 4.06. The molecular formula is C23H34O2. The molecule has 0 heterocycles. The minimum Gasteiger partial charge on any atom is -0.457 e. The number of ether oxygens (including phenoxy) is 1. The molecule has 0 bridgehead atoms. The number of carbonyl (C=O) groups is 1. The van der Waals surface area contributed by atoms with Crippen molar-refractivity contribution in [3.05, 3.63) is 59.3 Å². The zero-order valence-electron chi connectivity index (χ0n) is 17.0. The average molecular weight is 343 g/mol. The van der Waals surface area contributed by atoms with Crippen LogP contribution in [0.4, 0.5) is 0 Å². The van der Waals surface area contributed by atoms with Crippen LogP contribution in [-0.4, -0.2) is 11.6 Å². The second kappa shape index (κ2) is 9.03.